The molecule has 4 heterocycles. The van der Waals surface area contributed by atoms with Crippen LogP contribution in [0.1, 0.15) is 34.9 Å². The number of carboxylic acid groups (broad SMARTS) is 1. The lowest BCUT2D eigenvalue weighted by molar-refractivity contribution is 0.0297. The number of aromatic nitrogens is 2. The smallest absolute Gasteiger partial charge is 0.407 e. The molecule has 0 saturated carbocycles. The van der Waals surface area contributed by atoms with Crippen LogP contribution in [0.15, 0.2) is 23.1 Å². The number of nitrogens with zero attached hydrogens (tertiary/aromatic N) is 4. The first-order chi connectivity index (χ1) is 16.3. The van der Waals surface area contributed by atoms with E-state index in [0.717, 1.165) is 0 Å². The van der Waals surface area contributed by atoms with Crippen LogP contribution in [0.2, 0.25) is 0 Å². The van der Waals surface area contributed by atoms with Crippen molar-refractivity contribution in [1.29, 1.82) is 0 Å². The first-order valence-corrected chi connectivity index (χ1v) is 12.9. The van der Waals surface area contributed by atoms with Gasteiger partial charge >= 0.3 is 6.09 Å². The Bertz CT molecular complexity index is 1130. The fourth-order valence-electron chi connectivity index (χ4n) is 4.95. The summed E-state index contributed by atoms with van der Waals surface area (Å²) >= 11 is 0. The molecule has 184 valence electrons. The maximum absolute atomic E-state index is 13.5. The van der Waals surface area contributed by atoms with Crippen molar-refractivity contribution in [2.75, 3.05) is 46.5 Å². The predicted octanol–water partition coefficient (Wildman–Crippen LogP) is 2.97. The zero-order valence-corrected chi connectivity index (χ0v) is 19.7. The van der Waals surface area contributed by atoms with Crippen LogP contribution in [0.25, 0.3) is 11.3 Å². The summed E-state index contributed by atoms with van der Waals surface area (Å²) < 4.78 is 34.5. The zero-order chi connectivity index (χ0) is 24.0. The van der Waals surface area contributed by atoms with Gasteiger partial charge in [0.1, 0.15) is 5.75 Å². The van der Waals surface area contributed by atoms with E-state index in [2.05, 4.69) is 0 Å². The number of benzene rings is 1. The van der Waals surface area contributed by atoms with Gasteiger partial charge in [0.2, 0.25) is 0 Å². The third-order valence-electron chi connectivity index (χ3n) is 6.66. The third-order valence-corrected chi connectivity index (χ3v) is 8.40. The molecule has 11 nitrogen and oxygen atoms in total. The molecule has 1 aromatic heterocycles. The summed E-state index contributed by atoms with van der Waals surface area (Å²) in [5.74, 6) is 0.0763. The largest absolute Gasteiger partial charge is 0.497 e. The standard InChI is InChI=1S/C22H28N4O7S/c1-32-15-4-5-16-18(11-15)34(30,31)13-17-19(21(27)24-7-9-33-10-8-24)23-26(20(16)17)14-3-2-6-25(12-14)22(28)29/h4-5,11,14,30-31H,2-3,6-10,12-13H2,1H3,(H,28,29). The van der Waals surface area contributed by atoms with Crippen molar-refractivity contribution < 1.29 is 33.3 Å². The summed E-state index contributed by atoms with van der Waals surface area (Å²) in [6.07, 6.45) is 0.378. The van der Waals surface area contributed by atoms with E-state index in [1.807, 2.05) is 0 Å². The summed E-state index contributed by atoms with van der Waals surface area (Å²) in [6, 6.07) is 4.81. The van der Waals surface area contributed by atoms with Crippen molar-refractivity contribution in [3.63, 3.8) is 0 Å². The predicted molar refractivity (Wildman–Crippen MR) is 124 cm³/mol. The van der Waals surface area contributed by atoms with Crippen molar-refractivity contribution in [3.8, 4) is 17.0 Å². The molecule has 1 aromatic carbocycles. The van der Waals surface area contributed by atoms with Gasteiger partial charge in [0.15, 0.2) is 5.69 Å². The van der Waals surface area contributed by atoms with Gasteiger partial charge in [0.05, 0.1) is 42.7 Å². The Morgan fingerprint density at radius 1 is 1.18 bits per heavy atom. The maximum atomic E-state index is 13.5. The minimum Gasteiger partial charge on any atom is -0.497 e. The SMILES string of the molecule is COc1ccc2c(c1)S(O)(O)Cc1c(C(=O)N3CCOCC3)nn(C3CCCN(C(=O)O)C3)c1-2. The Labute approximate surface area is 198 Å². The van der Waals surface area contributed by atoms with E-state index in [9.17, 15) is 23.8 Å². The first kappa shape index (κ1) is 23.0. The second-order valence-corrected chi connectivity index (χ2v) is 10.8. The molecule has 2 saturated heterocycles. The highest BCUT2D eigenvalue weighted by molar-refractivity contribution is 8.23. The highest BCUT2D eigenvalue weighted by Crippen LogP contribution is 2.60. The lowest BCUT2D eigenvalue weighted by Gasteiger charge is -2.39. The molecule has 34 heavy (non-hydrogen) atoms. The molecule has 0 radical (unpaired) electrons. The molecule has 0 aliphatic carbocycles. The average molecular weight is 493 g/mol. The number of carbonyl (C=O) groups excluding carboxylic acids is 1. The third kappa shape index (κ3) is 3.90. The van der Waals surface area contributed by atoms with Crippen LogP contribution in [-0.4, -0.2) is 92.3 Å². The van der Waals surface area contributed by atoms with Gasteiger partial charge in [-0.1, -0.05) is 0 Å². The second-order valence-electron chi connectivity index (χ2n) is 8.72. The van der Waals surface area contributed by atoms with E-state index in [1.165, 1.54) is 12.0 Å². The van der Waals surface area contributed by atoms with Crippen LogP contribution in [0.5, 0.6) is 5.75 Å². The van der Waals surface area contributed by atoms with E-state index in [1.54, 1.807) is 27.8 Å². The number of methoxy groups -OCH3 is 1. The van der Waals surface area contributed by atoms with E-state index >= 15 is 0 Å². The van der Waals surface area contributed by atoms with Crippen LogP contribution < -0.4 is 4.74 Å². The average Bonchev–Trinajstić information content (AvgIpc) is 3.22. The van der Waals surface area contributed by atoms with E-state index < -0.39 is 16.7 Å². The number of carbonyl (C=O) groups is 2. The van der Waals surface area contributed by atoms with Gasteiger partial charge in [-0.2, -0.15) is 15.7 Å². The second kappa shape index (κ2) is 8.77. The summed E-state index contributed by atoms with van der Waals surface area (Å²) in [5.41, 5.74) is 1.88. The Balaban J connectivity index is 1.66. The molecule has 5 rings (SSSR count). The fraction of sp³-hybridized carbons (Fsp3) is 0.500. The zero-order valence-electron chi connectivity index (χ0n) is 18.8. The summed E-state index contributed by atoms with van der Waals surface area (Å²) in [4.78, 5) is 28.5. The topological polar surface area (TPSA) is 138 Å². The molecule has 12 heteroatoms. The number of piperidine rings is 1. The Kier molecular flexibility index (Phi) is 5.92. The lowest BCUT2D eigenvalue weighted by Crippen LogP contribution is -2.41. The molecule has 2 fully saturated rings. The van der Waals surface area contributed by atoms with Gasteiger partial charge in [-0.3, -0.25) is 18.6 Å². The number of morpholine rings is 1. The van der Waals surface area contributed by atoms with E-state index in [-0.39, 0.29) is 29.9 Å². The maximum Gasteiger partial charge on any atom is 0.407 e. The van der Waals surface area contributed by atoms with E-state index in [4.69, 9.17) is 14.6 Å². The van der Waals surface area contributed by atoms with Crippen molar-refractivity contribution in [2.24, 2.45) is 0 Å². The van der Waals surface area contributed by atoms with Crippen molar-refractivity contribution in [1.82, 2.24) is 19.6 Å². The Morgan fingerprint density at radius 2 is 1.94 bits per heavy atom. The van der Waals surface area contributed by atoms with Gasteiger partial charge in [0.25, 0.3) is 5.91 Å². The van der Waals surface area contributed by atoms with Gasteiger partial charge in [-0.15, -0.1) is 0 Å². The van der Waals surface area contributed by atoms with Crippen molar-refractivity contribution in [3.05, 3.63) is 29.5 Å². The van der Waals surface area contributed by atoms with E-state index in [0.29, 0.717) is 73.2 Å². The number of amides is 2. The molecule has 3 aliphatic rings. The molecular formula is C22H28N4O7S. The molecule has 1 unspecified atom stereocenters. The molecule has 2 amide bonds. The quantitative estimate of drug-likeness (QED) is 0.595. The highest BCUT2D eigenvalue weighted by atomic mass is 32.3. The molecular weight excluding hydrogens is 464 g/mol. The summed E-state index contributed by atoms with van der Waals surface area (Å²) in [6.45, 7) is 2.42. The normalized spacial score (nSPS) is 22.5. The lowest BCUT2D eigenvalue weighted by atomic mass is 10.0. The van der Waals surface area contributed by atoms with Crippen LogP contribution in [0, 0.1) is 0 Å². The molecule has 1 atom stereocenters. The minimum atomic E-state index is -3.25. The van der Waals surface area contributed by atoms with Crippen LogP contribution in [0.4, 0.5) is 4.79 Å². The molecule has 3 N–H and O–H groups in total. The van der Waals surface area contributed by atoms with Gasteiger partial charge in [-0.05, 0) is 25.0 Å². The first-order valence-electron chi connectivity index (χ1n) is 11.2. The van der Waals surface area contributed by atoms with Crippen molar-refractivity contribution >= 4 is 22.6 Å². The number of likely N-dealkylation sites (tertiary alicyclic amines) is 1. The Morgan fingerprint density at radius 3 is 2.65 bits per heavy atom. The summed E-state index contributed by atoms with van der Waals surface area (Å²) in [5, 5.41) is 14.3. The number of hydrogen-bond donors (Lipinski definition) is 3. The number of ether oxygens (including phenoxy) is 2. The Hall–Kier alpha value is -2.80. The molecule has 3 aliphatic heterocycles. The number of rotatable bonds is 3. The van der Waals surface area contributed by atoms with Gasteiger partial charge in [0, 0.05) is 43.4 Å². The minimum absolute atomic E-state index is 0.136. The summed E-state index contributed by atoms with van der Waals surface area (Å²) in [7, 11) is -1.74. The van der Waals surface area contributed by atoms with Crippen molar-refractivity contribution in [2.45, 2.75) is 29.5 Å². The van der Waals surface area contributed by atoms with Crippen LogP contribution >= 0.6 is 10.6 Å². The van der Waals surface area contributed by atoms with Gasteiger partial charge < -0.3 is 24.4 Å². The molecule has 0 bridgehead atoms. The monoisotopic (exact) mass is 492 g/mol. The van der Waals surface area contributed by atoms with Crippen LogP contribution in [0.3, 0.4) is 0 Å². The van der Waals surface area contributed by atoms with Gasteiger partial charge in [-0.25, -0.2) is 4.79 Å². The highest BCUT2D eigenvalue weighted by Gasteiger charge is 2.39. The number of fused-ring (bicyclic) bond motifs is 3. The fourth-order valence-corrected chi connectivity index (χ4v) is 6.60. The molecule has 2 aromatic rings. The van der Waals surface area contributed by atoms with Crippen LogP contribution in [-0.2, 0) is 10.5 Å². The number of hydrogen-bond acceptors (Lipinski definition) is 7. The molecule has 0 spiro atoms.